The first kappa shape index (κ1) is 10.8. The van der Waals surface area contributed by atoms with Crippen LogP contribution >= 0.6 is 11.3 Å². The zero-order valence-corrected chi connectivity index (χ0v) is 9.89. The molecule has 5 nitrogen and oxygen atoms in total. The number of rotatable bonds is 3. The second-order valence-corrected chi connectivity index (χ2v) is 4.73. The van der Waals surface area contributed by atoms with Crippen molar-refractivity contribution in [3.05, 3.63) is 38.3 Å². The summed E-state index contributed by atoms with van der Waals surface area (Å²) < 4.78 is 0. The summed E-state index contributed by atoms with van der Waals surface area (Å²) in [6.07, 6.45) is 1.83. The molecule has 0 aliphatic heterocycles. The minimum atomic E-state index is -0.143. The normalized spacial score (nSPS) is 10.4. The maximum Gasteiger partial charge on any atom is 0.252 e. The highest BCUT2D eigenvalue weighted by Crippen LogP contribution is 2.12. The van der Waals surface area contributed by atoms with Crippen molar-refractivity contribution in [1.29, 1.82) is 0 Å². The van der Waals surface area contributed by atoms with Gasteiger partial charge in [-0.2, -0.15) is 0 Å². The molecule has 6 heteroatoms. The van der Waals surface area contributed by atoms with Crippen molar-refractivity contribution in [2.75, 3.05) is 5.32 Å². The third-order valence-corrected chi connectivity index (χ3v) is 2.89. The van der Waals surface area contributed by atoms with Crippen molar-refractivity contribution < 1.29 is 0 Å². The number of hydrogen-bond donors (Lipinski definition) is 2. The molecule has 0 aliphatic carbocycles. The van der Waals surface area contributed by atoms with Gasteiger partial charge in [-0.05, 0) is 13.8 Å². The summed E-state index contributed by atoms with van der Waals surface area (Å²) in [6, 6.07) is 1.45. The van der Waals surface area contributed by atoms with Crippen LogP contribution in [0.5, 0.6) is 0 Å². The molecule has 0 saturated heterocycles. The van der Waals surface area contributed by atoms with E-state index < -0.39 is 0 Å². The molecule has 0 fully saturated rings. The van der Waals surface area contributed by atoms with Gasteiger partial charge < -0.3 is 10.3 Å². The minimum absolute atomic E-state index is 0.143. The fraction of sp³-hybridized carbons (Fsp3) is 0.300. The molecular formula is C10H12N4OS. The third-order valence-electron chi connectivity index (χ3n) is 1.97. The molecule has 84 valence electrons. The zero-order valence-electron chi connectivity index (χ0n) is 9.07. The molecule has 2 aromatic rings. The molecule has 0 unspecified atom stereocenters. The van der Waals surface area contributed by atoms with Crippen LogP contribution in [-0.2, 0) is 6.54 Å². The maximum absolute atomic E-state index is 11.2. The van der Waals surface area contributed by atoms with Crippen LogP contribution < -0.4 is 10.9 Å². The van der Waals surface area contributed by atoms with E-state index in [1.807, 2.05) is 13.1 Å². The Labute approximate surface area is 96.6 Å². The van der Waals surface area contributed by atoms with Gasteiger partial charge in [0.1, 0.15) is 11.6 Å². The number of aryl methyl sites for hydroxylation is 2. The van der Waals surface area contributed by atoms with Gasteiger partial charge in [0.2, 0.25) is 0 Å². The number of hydrogen-bond acceptors (Lipinski definition) is 5. The Kier molecular flexibility index (Phi) is 3.00. The molecule has 0 atom stereocenters. The highest BCUT2D eigenvalue weighted by Gasteiger charge is 2.00. The fourth-order valence-corrected chi connectivity index (χ4v) is 2.07. The Morgan fingerprint density at radius 3 is 2.94 bits per heavy atom. The number of H-pyrrole nitrogens is 1. The number of aromatic amines is 1. The average Bonchev–Trinajstić information content (AvgIpc) is 2.60. The summed E-state index contributed by atoms with van der Waals surface area (Å²) in [6.45, 7) is 4.36. The van der Waals surface area contributed by atoms with Crippen LogP contribution in [0.4, 0.5) is 5.82 Å². The number of nitrogens with zero attached hydrogens (tertiary/aromatic N) is 2. The predicted octanol–water partition coefficient (Wildman–Crippen LogP) is 1.46. The smallest absolute Gasteiger partial charge is 0.252 e. The average molecular weight is 236 g/mol. The monoisotopic (exact) mass is 236 g/mol. The van der Waals surface area contributed by atoms with Gasteiger partial charge in [0.15, 0.2) is 0 Å². The summed E-state index contributed by atoms with van der Waals surface area (Å²) in [5, 5.41) is 4.13. The predicted molar refractivity (Wildman–Crippen MR) is 63.8 cm³/mol. The summed E-state index contributed by atoms with van der Waals surface area (Å²) in [5.41, 5.74) is -0.143. The summed E-state index contributed by atoms with van der Waals surface area (Å²) >= 11 is 1.63. The Hall–Kier alpha value is -1.69. The highest BCUT2D eigenvalue weighted by atomic mass is 32.1. The quantitative estimate of drug-likeness (QED) is 0.846. The van der Waals surface area contributed by atoms with Crippen LogP contribution in [0.15, 0.2) is 17.1 Å². The van der Waals surface area contributed by atoms with E-state index >= 15 is 0 Å². The topological polar surface area (TPSA) is 70.7 Å². The van der Waals surface area contributed by atoms with Crippen molar-refractivity contribution in [1.82, 2.24) is 15.0 Å². The first-order chi connectivity index (χ1) is 7.63. The number of nitrogens with one attached hydrogen (secondary N) is 2. The van der Waals surface area contributed by atoms with Gasteiger partial charge in [-0.25, -0.2) is 9.97 Å². The lowest BCUT2D eigenvalue weighted by Gasteiger charge is -2.03. The molecule has 0 aromatic carbocycles. The van der Waals surface area contributed by atoms with E-state index in [9.17, 15) is 4.79 Å². The molecule has 2 aromatic heterocycles. The second-order valence-electron chi connectivity index (χ2n) is 3.42. The molecule has 2 rings (SSSR count). The van der Waals surface area contributed by atoms with Gasteiger partial charge in [0.05, 0.1) is 11.6 Å². The van der Waals surface area contributed by atoms with Crippen molar-refractivity contribution in [2.45, 2.75) is 20.4 Å². The maximum atomic E-state index is 11.2. The number of thiazole rings is 1. The van der Waals surface area contributed by atoms with Crippen molar-refractivity contribution in [2.24, 2.45) is 0 Å². The molecule has 0 amide bonds. The summed E-state index contributed by atoms with van der Waals surface area (Å²) in [7, 11) is 0. The SMILES string of the molecule is Cc1nc(NCc2cnc(C)s2)cc(=O)[nH]1. The van der Waals surface area contributed by atoms with Crippen LogP contribution in [0, 0.1) is 13.8 Å². The Balaban J connectivity index is 2.07. The molecule has 0 spiro atoms. The molecule has 0 saturated carbocycles. The highest BCUT2D eigenvalue weighted by molar-refractivity contribution is 7.11. The van der Waals surface area contributed by atoms with Crippen LogP contribution in [0.1, 0.15) is 15.7 Å². The van der Waals surface area contributed by atoms with Crippen LogP contribution in [0.3, 0.4) is 0 Å². The van der Waals surface area contributed by atoms with Crippen molar-refractivity contribution >= 4 is 17.2 Å². The van der Waals surface area contributed by atoms with E-state index in [1.54, 1.807) is 18.3 Å². The first-order valence-electron chi connectivity index (χ1n) is 4.86. The molecule has 0 aliphatic rings. The standard InChI is InChI=1S/C10H12N4OS/c1-6-13-9(3-10(15)14-6)12-5-8-4-11-7(2)16-8/h3-4H,5H2,1-2H3,(H2,12,13,14,15). The zero-order chi connectivity index (χ0) is 11.5. The summed E-state index contributed by atoms with van der Waals surface area (Å²) in [4.78, 5) is 23.2. The molecule has 2 heterocycles. The third kappa shape index (κ3) is 2.66. The minimum Gasteiger partial charge on any atom is -0.365 e. The molecular weight excluding hydrogens is 224 g/mol. The van der Waals surface area contributed by atoms with E-state index in [2.05, 4.69) is 20.3 Å². The van der Waals surface area contributed by atoms with Crippen LogP contribution in [0.2, 0.25) is 0 Å². The van der Waals surface area contributed by atoms with E-state index in [0.29, 0.717) is 18.2 Å². The molecule has 2 N–H and O–H groups in total. The lowest BCUT2D eigenvalue weighted by Crippen LogP contribution is -2.11. The fourth-order valence-electron chi connectivity index (χ4n) is 1.33. The molecule has 0 bridgehead atoms. The van der Waals surface area contributed by atoms with Gasteiger partial charge in [0, 0.05) is 17.1 Å². The van der Waals surface area contributed by atoms with E-state index in [4.69, 9.17) is 0 Å². The van der Waals surface area contributed by atoms with E-state index in [-0.39, 0.29) is 5.56 Å². The second kappa shape index (κ2) is 4.44. The van der Waals surface area contributed by atoms with Gasteiger partial charge in [-0.15, -0.1) is 11.3 Å². The lowest BCUT2D eigenvalue weighted by molar-refractivity contribution is 1.00. The Morgan fingerprint density at radius 1 is 1.50 bits per heavy atom. The van der Waals surface area contributed by atoms with Crippen molar-refractivity contribution in [3.63, 3.8) is 0 Å². The number of anilines is 1. The molecule has 16 heavy (non-hydrogen) atoms. The van der Waals surface area contributed by atoms with Crippen LogP contribution in [0.25, 0.3) is 0 Å². The lowest BCUT2D eigenvalue weighted by atomic mass is 10.5. The van der Waals surface area contributed by atoms with Gasteiger partial charge in [-0.1, -0.05) is 0 Å². The Bertz CT molecular complexity index is 546. The number of aromatic nitrogens is 3. The van der Waals surface area contributed by atoms with Gasteiger partial charge in [-0.3, -0.25) is 4.79 Å². The van der Waals surface area contributed by atoms with Gasteiger partial charge in [0.25, 0.3) is 5.56 Å². The Morgan fingerprint density at radius 2 is 2.31 bits per heavy atom. The van der Waals surface area contributed by atoms with E-state index in [0.717, 1.165) is 9.88 Å². The largest absolute Gasteiger partial charge is 0.365 e. The van der Waals surface area contributed by atoms with Gasteiger partial charge >= 0.3 is 0 Å². The summed E-state index contributed by atoms with van der Waals surface area (Å²) in [5.74, 6) is 1.20. The first-order valence-corrected chi connectivity index (χ1v) is 5.68. The van der Waals surface area contributed by atoms with Crippen molar-refractivity contribution in [3.8, 4) is 0 Å². The van der Waals surface area contributed by atoms with Crippen LogP contribution in [-0.4, -0.2) is 15.0 Å². The van der Waals surface area contributed by atoms with E-state index in [1.165, 1.54) is 6.07 Å². The molecule has 0 radical (unpaired) electrons.